The molecule has 1 heterocycles. The number of carbonyl (C=O) groups is 1. The van der Waals surface area contributed by atoms with Gasteiger partial charge in [0.1, 0.15) is 0 Å². The Kier molecular flexibility index (Phi) is 4.43. The lowest BCUT2D eigenvalue weighted by Gasteiger charge is -2.22. The molecule has 1 aromatic carbocycles. The summed E-state index contributed by atoms with van der Waals surface area (Å²) in [5.74, 6) is 0.0468. The minimum absolute atomic E-state index is 0.0468. The van der Waals surface area contributed by atoms with Crippen molar-refractivity contribution < 1.29 is 4.79 Å². The lowest BCUT2D eigenvalue weighted by atomic mass is 10.1. The molecule has 1 amide bonds. The number of carbonyl (C=O) groups excluding carboxylic acids is 1. The number of nitrogens with two attached hydrogens (primary N) is 1. The smallest absolute Gasteiger partial charge is 0.241 e. The van der Waals surface area contributed by atoms with E-state index in [1.165, 1.54) is 12.8 Å². The first-order valence-electron chi connectivity index (χ1n) is 7.05. The highest BCUT2D eigenvalue weighted by Gasteiger charge is 2.23. The summed E-state index contributed by atoms with van der Waals surface area (Å²) in [5, 5.41) is 2.95. The molecule has 1 aliphatic rings. The van der Waals surface area contributed by atoms with Crippen molar-refractivity contribution in [3.05, 3.63) is 23.8 Å². The minimum Gasteiger partial charge on any atom is -0.398 e. The van der Waals surface area contributed by atoms with Gasteiger partial charge in [0, 0.05) is 11.4 Å². The van der Waals surface area contributed by atoms with Crippen LogP contribution in [-0.4, -0.2) is 29.9 Å². The molecule has 1 aromatic rings. The average Bonchev–Trinajstić information content (AvgIpc) is 2.92. The van der Waals surface area contributed by atoms with E-state index in [2.05, 4.69) is 17.1 Å². The van der Waals surface area contributed by atoms with E-state index in [1.807, 2.05) is 25.1 Å². The molecule has 0 spiro atoms. The minimum atomic E-state index is -0.0745. The molecule has 19 heavy (non-hydrogen) atoms. The number of likely N-dealkylation sites (tertiary alicyclic amines) is 1. The van der Waals surface area contributed by atoms with Crippen LogP contribution < -0.4 is 11.1 Å². The Balaban J connectivity index is 2.00. The maximum absolute atomic E-state index is 12.2. The van der Waals surface area contributed by atoms with Crippen LogP contribution in [0.15, 0.2) is 18.2 Å². The van der Waals surface area contributed by atoms with Crippen LogP contribution in [0.25, 0.3) is 0 Å². The molecule has 0 bridgehead atoms. The predicted octanol–water partition coefficient (Wildman–Crippen LogP) is 2.25. The third kappa shape index (κ3) is 3.26. The summed E-state index contributed by atoms with van der Waals surface area (Å²) in [6.45, 7) is 6.07. The van der Waals surface area contributed by atoms with E-state index in [0.29, 0.717) is 0 Å². The first-order valence-corrected chi connectivity index (χ1v) is 7.05. The Labute approximate surface area is 115 Å². The summed E-state index contributed by atoms with van der Waals surface area (Å²) in [7, 11) is 0. The molecule has 1 atom stereocenters. The number of hydrogen-bond acceptors (Lipinski definition) is 3. The molecule has 3 N–H and O–H groups in total. The van der Waals surface area contributed by atoms with Crippen LogP contribution in [0, 0.1) is 0 Å². The summed E-state index contributed by atoms with van der Waals surface area (Å²) in [6, 6.07) is 5.66. The number of nitrogens with zero attached hydrogens (tertiary/aromatic N) is 1. The van der Waals surface area contributed by atoms with Gasteiger partial charge in [-0.1, -0.05) is 13.0 Å². The van der Waals surface area contributed by atoms with Crippen LogP contribution >= 0.6 is 0 Å². The van der Waals surface area contributed by atoms with Gasteiger partial charge in [0.25, 0.3) is 0 Å². The van der Waals surface area contributed by atoms with Crippen LogP contribution in [0.1, 0.15) is 32.3 Å². The molecule has 0 radical (unpaired) electrons. The van der Waals surface area contributed by atoms with Gasteiger partial charge in [0.05, 0.1) is 6.04 Å². The number of benzene rings is 1. The van der Waals surface area contributed by atoms with Crippen LogP contribution in [0.2, 0.25) is 0 Å². The summed E-state index contributed by atoms with van der Waals surface area (Å²) in [6.07, 6.45) is 3.29. The van der Waals surface area contributed by atoms with Crippen LogP contribution in [0.5, 0.6) is 0 Å². The van der Waals surface area contributed by atoms with Crippen molar-refractivity contribution in [3.8, 4) is 0 Å². The molecular weight excluding hydrogens is 238 g/mol. The van der Waals surface area contributed by atoms with Crippen molar-refractivity contribution in [1.82, 2.24) is 4.90 Å². The molecular formula is C15H23N3O. The average molecular weight is 261 g/mol. The molecule has 2 rings (SSSR count). The normalized spacial score (nSPS) is 17.4. The Morgan fingerprint density at radius 2 is 2.11 bits per heavy atom. The van der Waals surface area contributed by atoms with Gasteiger partial charge in [-0.25, -0.2) is 0 Å². The zero-order chi connectivity index (χ0) is 13.8. The van der Waals surface area contributed by atoms with Gasteiger partial charge in [-0.05, 0) is 57.0 Å². The van der Waals surface area contributed by atoms with Crippen molar-refractivity contribution >= 4 is 17.3 Å². The van der Waals surface area contributed by atoms with Gasteiger partial charge >= 0.3 is 0 Å². The van der Waals surface area contributed by atoms with Gasteiger partial charge in [-0.2, -0.15) is 0 Å². The molecule has 0 aliphatic carbocycles. The molecule has 4 heteroatoms. The largest absolute Gasteiger partial charge is 0.398 e. The number of amides is 1. The lowest BCUT2D eigenvalue weighted by Crippen LogP contribution is -2.40. The first kappa shape index (κ1) is 13.9. The second-order valence-corrected chi connectivity index (χ2v) is 5.18. The van der Waals surface area contributed by atoms with Gasteiger partial charge in [-0.3, -0.25) is 9.69 Å². The fourth-order valence-corrected chi connectivity index (χ4v) is 2.54. The Morgan fingerprint density at radius 1 is 1.42 bits per heavy atom. The highest BCUT2D eigenvalue weighted by molar-refractivity contribution is 5.95. The van der Waals surface area contributed by atoms with E-state index >= 15 is 0 Å². The fourth-order valence-electron chi connectivity index (χ4n) is 2.54. The molecule has 1 unspecified atom stereocenters. The number of nitrogen functional groups attached to an aromatic ring is 1. The molecule has 1 fully saturated rings. The molecule has 4 nitrogen and oxygen atoms in total. The van der Waals surface area contributed by atoms with E-state index in [1.54, 1.807) is 0 Å². The topological polar surface area (TPSA) is 58.4 Å². The zero-order valence-electron chi connectivity index (χ0n) is 11.8. The lowest BCUT2D eigenvalue weighted by molar-refractivity contribution is -0.120. The number of nitrogens with one attached hydrogen (secondary N) is 1. The van der Waals surface area contributed by atoms with E-state index in [-0.39, 0.29) is 11.9 Å². The summed E-state index contributed by atoms with van der Waals surface area (Å²) in [4.78, 5) is 14.4. The van der Waals surface area contributed by atoms with Crippen molar-refractivity contribution in [2.45, 2.75) is 39.2 Å². The number of aryl methyl sites for hydroxylation is 1. The van der Waals surface area contributed by atoms with Gasteiger partial charge in [-0.15, -0.1) is 0 Å². The zero-order valence-corrected chi connectivity index (χ0v) is 11.8. The predicted molar refractivity (Wildman–Crippen MR) is 79.1 cm³/mol. The highest BCUT2D eigenvalue weighted by atomic mass is 16.2. The maximum Gasteiger partial charge on any atom is 0.241 e. The van der Waals surface area contributed by atoms with E-state index in [0.717, 1.165) is 36.4 Å². The molecule has 0 saturated carbocycles. The van der Waals surface area contributed by atoms with E-state index < -0.39 is 0 Å². The molecule has 1 aliphatic heterocycles. The Hall–Kier alpha value is -1.55. The molecule has 1 saturated heterocycles. The highest BCUT2D eigenvalue weighted by Crippen LogP contribution is 2.19. The Bertz CT molecular complexity index is 453. The molecule has 0 aromatic heterocycles. The standard InChI is InChI=1S/C15H23N3O/c1-3-12-6-7-13(10-14(12)16)17-15(19)11(2)18-8-4-5-9-18/h6-7,10-11H,3-5,8-9,16H2,1-2H3,(H,17,19). The summed E-state index contributed by atoms with van der Waals surface area (Å²) in [5.41, 5.74) is 8.59. The first-order chi connectivity index (χ1) is 9.11. The molecule has 104 valence electrons. The van der Waals surface area contributed by atoms with Crippen molar-refractivity contribution in [2.75, 3.05) is 24.1 Å². The number of anilines is 2. The summed E-state index contributed by atoms with van der Waals surface area (Å²) >= 11 is 0. The number of hydrogen-bond donors (Lipinski definition) is 2. The monoisotopic (exact) mass is 261 g/mol. The van der Waals surface area contributed by atoms with Gasteiger partial charge in [0.2, 0.25) is 5.91 Å². The maximum atomic E-state index is 12.2. The van der Waals surface area contributed by atoms with Crippen molar-refractivity contribution in [1.29, 1.82) is 0 Å². The number of rotatable bonds is 4. The third-order valence-electron chi connectivity index (χ3n) is 3.86. The van der Waals surface area contributed by atoms with Crippen molar-refractivity contribution in [2.24, 2.45) is 0 Å². The van der Waals surface area contributed by atoms with Gasteiger partial charge < -0.3 is 11.1 Å². The fraction of sp³-hybridized carbons (Fsp3) is 0.533. The quantitative estimate of drug-likeness (QED) is 0.817. The third-order valence-corrected chi connectivity index (χ3v) is 3.86. The van der Waals surface area contributed by atoms with Crippen LogP contribution in [-0.2, 0) is 11.2 Å². The van der Waals surface area contributed by atoms with Gasteiger partial charge in [0.15, 0.2) is 0 Å². The van der Waals surface area contributed by atoms with E-state index in [9.17, 15) is 4.79 Å². The summed E-state index contributed by atoms with van der Waals surface area (Å²) < 4.78 is 0. The van der Waals surface area contributed by atoms with E-state index in [4.69, 9.17) is 5.73 Å². The van der Waals surface area contributed by atoms with Crippen LogP contribution in [0.4, 0.5) is 11.4 Å². The second-order valence-electron chi connectivity index (χ2n) is 5.18. The van der Waals surface area contributed by atoms with Crippen molar-refractivity contribution in [3.63, 3.8) is 0 Å². The Morgan fingerprint density at radius 3 is 2.68 bits per heavy atom. The van der Waals surface area contributed by atoms with Crippen LogP contribution in [0.3, 0.4) is 0 Å². The SMILES string of the molecule is CCc1ccc(NC(=O)C(C)N2CCCC2)cc1N. The second kappa shape index (κ2) is 6.06.